The highest BCUT2D eigenvalue weighted by Gasteiger charge is 2.72. The van der Waals surface area contributed by atoms with E-state index in [4.69, 9.17) is 4.74 Å². The number of carbonyl (C=O) groups is 3. The lowest BCUT2D eigenvalue weighted by molar-refractivity contribution is -0.729. The molecule has 0 aromatic heterocycles. The number of hydrogen-bond acceptors (Lipinski definition) is 4. The van der Waals surface area contributed by atoms with E-state index in [-0.39, 0.29) is 5.69 Å². The number of esters is 1. The molecule has 0 bridgehead atoms. The number of methoxy groups -OCH3 is 1. The number of nitrogens with zero attached hydrogens (tertiary/aromatic N) is 1. The smallest absolute Gasteiger partial charge is 0.365 e. The number of anilines is 1. The van der Waals surface area contributed by atoms with Crippen LogP contribution in [0.3, 0.4) is 0 Å². The summed E-state index contributed by atoms with van der Waals surface area (Å²) in [5.41, 5.74) is 0.868. The van der Waals surface area contributed by atoms with Gasteiger partial charge in [0.25, 0.3) is 0 Å². The summed E-state index contributed by atoms with van der Waals surface area (Å²) in [6.45, 7) is 0. The quantitative estimate of drug-likeness (QED) is 0.492. The average molecular weight is 445 g/mol. The number of halogens is 1. The van der Waals surface area contributed by atoms with Gasteiger partial charge in [-0.05, 0) is 24.3 Å². The van der Waals surface area contributed by atoms with E-state index in [0.717, 1.165) is 16.0 Å². The minimum atomic E-state index is -1.02. The fraction of sp³-hybridized carbons (Fsp3) is 0.192. The van der Waals surface area contributed by atoms with Crippen molar-refractivity contribution in [3.63, 3.8) is 0 Å². The first kappa shape index (κ1) is 21.0. The molecule has 0 unspecified atom stereocenters. The van der Waals surface area contributed by atoms with Gasteiger partial charge >= 0.3 is 5.97 Å². The molecule has 0 radical (unpaired) electrons. The van der Waals surface area contributed by atoms with Crippen LogP contribution in [0.1, 0.15) is 11.1 Å². The van der Waals surface area contributed by atoms with E-state index in [2.05, 4.69) is 0 Å². The molecule has 7 heteroatoms. The molecule has 0 spiro atoms. The number of carbonyl (C=O) groups excluding carboxylic acids is 3. The number of rotatable bonds is 4. The van der Waals surface area contributed by atoms with E-state index >= 15 is 0 Å². The molecular weight excluding hydrogens is 423 g/mol. The Morgan fingerprint density at radius 2 is 1.42 bits per heavy atom. The summed E-state index contributed by atoms with van der Waals surface area (Å²) in [6, 6.07) is 23.1. The Morgan fingerprint density at radius 3 is 1.94 bits per heavy atom. The minimum Gasteiger partial charge on any atom is -0.465 e. The van der Waals surface area contributed by atoms with Gasteiger partial charge in [-0.1, -0.05) is 60.7 Å². The Balaban J connectivity index is 1.74. The maximum absolute atomic E-state index is 13.9. The van der Waals surface area contributed by atoms with E-state index in [1.54, 1.807) is 5.32 Å². The zero-order valence-electron chi connectivity index (χ0n) is 17.9. The van der Waals surface area contributed by atoms with Gasteiger partial charge in [0.2, 0.25) is 11.8 Å². The normalized spacial score (nSPS) is 23.5. The largest absolute Gasteiger partial charge is 0.465 e. The van der Waals surface area contributed by atoms with Gasteiger partial charge in [-0.25, -0.2) is 14.1 Å². The van der Waals surface area contributed by atoms with Crippen LogP contribution in [-0.4, -0.2) is 30.9 Å². The number of ether oxygens (including phenoxy) is 1. The predicted octanol–water partition coefficient (Wildman–Crippen LogP) is 1.99. The summed E-state index contributed by atoms with van der Waals surface area (Å²) in [6.07, 6.45) is 0. The van der Waals surface area contributed by atoms with Crippen molar-refractivity contribution in [1.82, 2.24) is 0 Å². The minimum absolute atomic E-state index is 0.277. The molecule has 5 rings (SSSR count). The molecule has 2 amide bonds. The van der Waals surface area contributed by atoms with E-state index in [9.17, 15) is 18.8 Å². The summed E-state index contributed by atoms with van der Waals surface area (Å²) >= 11 is 0. The van der Waals surface area contributed by atoms with Gasteiger partial charge in [0.1, 0.15) is 17.7 Å². The standard InChI is InChI=1S/C26H21FN2O4/c1-33-25(32)22-20-21(24(31)29(23(20)30)19-14-12-18(27)13-15-19)26(28-22,16-8-4-2-5-9-16)17-10-6-3-7-11-17/h2-15,20-22,28H,1H3/p+1/t20-,21+,22-/m1/s1. The first-order valence-electron chi connectivity index (χ1n) is 10.7. The van der Waals surface area contributed by atoms with Crippen LogP contribution < -0.4 is 10.2 Å². The van der Waals surface area contributed by atoms with Crippen molar-refractivity contribution in [3.05, 3.63) is 102 Å². The Labute approximate surface area is 190 Å². The van der Waals surface area contributed by atoms with Crippen molar-refractivity contribution < 1.29 is 28.8 Å². The molecular formula is C26H22FN2O4+. The molecule has 2 N–H and O–H groups in total. The number of quaternary nitrogens is 1. The second-order valence-corrected chi connectivity index (χ2v) is 8.31. The van der Waals surface area contributed by atoms with Crippen LogP contribution in [0.2, 0.25) is 0 Å². The summed E-state index contributed by atoms with van der Waals surface area (Å²) in [5.74, 6) is -3.74. The number of nitrogens with two attached hydrogens (primary N) is 1. The monoisotopic (exact) mass is 445 g/mol. The van der Waals surface area contributed by atoms with Crippen LogP contribution in [0.15, 0.2) is 84.9 Å². The van der Waals surface area contributed by atoms with Crippen LogP contribution in [0, 0.1) is 17.7 Å². The fourth-order valence-corrected chi connectivity index (χ4v) is 5.36. The molecule has 2 aliphatic rings. The molecule has 2 aliphatic heterocycles. The van der Waals surface area contributed by atoms with E-state index in [1.807, 2.05) is 60.7 Å². The Kier molecular flexibility index (Phi) is 5.06. The van der Waals surface area contributed by atoms with Crippen LogP contribution in [0.25, 0.3) is 0 Å². The third-order valence-electron chi connectivity index (χ3n) is 6.73. The first-order chi connectivity index (χ1) is 16.0. The van der Waals surface area contributed by atoms with Crippen molar-refractivity contribution in [1.29, 1.82) is 0 Å². The van der Waals surface area contributed by atoms with Gasteiger partial charge in [-0.2, -0.15) is 0 Å². The molecule has 3 atom stereocenters. The Morgan fingerprint density at radius 1 is 0.879 bits per heavy atom. The fourth-order valence-electron chi connectivity index (χ4n) is 5.36. The summed E-state index contributed by atoms with van der Waals surface area (Å²) in [5, 5.41) is 1.80. The molecule has 166 valence electrons. The molecule has 3 aromatic rings. The lowest BCUT2D eigenvalue weighted by atomic mass is 9.72. The topological polar surface area (TPSA) is 80.3 Å². The van der Waals surface area contributed by atoms with Crippen molar-refractivity contribution >= 4 is 23.5 Å². The highest BCUT2D eigenvalue weighted by molar-refractivity contribution is 6.23. The molecule has 6 nitrogen and oxygen atoms in total. The number of benzene rings is 3. The van der Waals surface area contributed by atoms with Crippen LogP contribution in [0.4, 0.5) is 10.1 Å². The molecule has 0 aliphatic carbocycles. The van der Waals surface area contributed by atoms with Crippen molar-refractivity contribution in [2.45, 2.75) is 11.6 Å². The molecule has 2 fully saturated rings. The number of hydrogen-bond donors (Lipinski definition) is 1. The van der Waals surface area contributed by atoms with Gasteiger partial charge < -0.3 is 10.1 Å². The number of imide groups is 1. The maximum atomic E-state index is 13.9. The molecule has 33 heavy (non-hydrogen) atoms. The molecule has 3 aromatic carbocycles. The summed E-state index contributed by atoms with van der Waals surface area (Å²) in [7, 11) is 1.27. The third-order valence-corrected chi connectivity index (χ3v) is 6.73. The summed E-state index contributed by atoms with van der Waals surface area (Å²) in [4.78, 5) is 41.5. The van der Waals surface area contributed by atoms with Gasteiger partial charge in [0, 0.05) is 11.1 Å². The number of fused-ring (bicyclic) bond motifs is 1. The Hall–Kier alpha value is -3.84. The number of amides is 2. The van der Waals surface area contributed by atoms with Gasteiger partial charge in [0.05, 0.1) is 12.8 Å². The zero-order valence-corrected chi connectivity index (χ0v) is 17.9. The van der Waals surface area contributed by atoms with Crippen LogP contribution in [0.5, 0.6) is 0 Å². The van der Waals surface area contributed by atoms with E-state index in [1.165, 1.54) is 31.4 Å². The van der Waals surface area contributed by atoms with Crippen LogP contribution in [-0.2, 0) is 24.7 Å². The maximum Gasteiger partial charge on any atom is 0.365 e. The summed E-state index contributed by atoms with van der Waals surface area (Å²) < 4.78 is 18.6. The van der Waals surface area contributed by atoms with Gasteiger partial charge in [0.15, 0.2) is 11.6 Å². The van der Waals surface area contributed by atoms with E-state index < -0.39 is 47.0 Å². The van der Waals surface area contributed by atoms with Crippen molar-refractivity contribution in [3.8, 4) is 0 Å². The third kappa shape index (κ3) is 3.08. The van der Waals surface area contributed by atoms with Gasteiger partial charge in [-0.3, -0.25) is 9.59 Å². The lowest BCUT2D eigenvalue weighted by Crippen LogP contribution is -2.99. The highest BCUT2D eigenvalue weighted by atomic mass is 19.1. The van der Waals surface area contributed by atoms with Crippen molar-refractivity contribution in [2.24, 2.45) is 11.8 Å². The molecule has 2 saturated heterocycles. The predicted molar refractivity (Wildman–Crippen MR) is 117 cm³/mol. The van der Waals surface area contributed by atoms with E-state index in [0.29, 0.717) is 0 Å². The Bertz CT molecular complexity index is 1170. The average Bonchev–Trinajstić information content (AvgIpc) is 3.35. The zero-order chi connectivity index (χ0) is 23.2. The van der Waals surface area contributed by atoms with Crippen LogP contribution >= 0.6 is 0 Å². The highest BCUT2D eigenvalue weighted by Crippen LogP contribution is 2.48. The second kappa shape index (κ2) is 7.94. The SMILES string of the molecule is COC(=O)[C@@H]1[NH2+]C(c2ccccc2)(c2ccccc2)[C@@H]2C(=O)N(c3ccc(F)cc3)C(=O)[C@H]21. The van der Waals surface area contributed by atoms with Gasteiger partial charge in [-0.15, -0.1) is 0 Å². The van der Waals surface area contributed by atoms with Crippen molar-refractivity contribution in [2.75, 3.05) is 12.0 Å². The molecule has 0 saturated carbocycles. The second-order valence-electron chi connectivity index (χ2n) is 8.31. The molecule has 2 heterocycles. The lowest BCUT2D eigenvalue weighted by Gasteiger charge is -2.32. The first-order valence-corrected chi connectivity index (χ1v) is 10.7.